The topological polar surface area (TPSA) is 0 Å². The van der Waals surface area contributed by atoms with Crippen LogP contribution >= 0.6 is 0 Å². The van der Waals surface area contributed by atoms with Crippen molar-refractivity contribution in [2.24, 2.45) is 0 Å². The van der Waals surface area contributed by atoms with E-state index in [0.29, 0.717) is 0 Å². The van der Waals surface area contributed by atoms with E-state index in [1.807, 2.05) is 0 Å². The van der Waals surface area contributed by atoms with E-state index in [0.717, 1.165) is 0 Å². The van der Waals surface area contributed by atoms with Gasteiger partial charge in [0, 0.05) is 0 Å². The van der Waals surface area contributed by atoms with Gasteiger partial charge in [0.1, 0.15) is 0 Å². The molecule has 1 aliphatic heterocycles. The average Bonchev–Trinajstić information content (AvgIpc) is 3.03. The first-order chi connectivity index (χ1) is 10.4. The van der Waals surface area contributed by atoms with E-state index >= 15 is 0 Å². The van der Waals surface area contributed by atoms with Crippen molar-refractivity contribution in [1.82, 2.24) is 0 Å². The first kappa shape index (κ1) is 11.3. The van der Waals surface area contributed by atoms with Gasteiger partial charge in [-0.2, -0.15) is 0 Å². The standard InChI is InChI=1S/C20H14Si/c1-2-4-15-13(3-1)5-7-17-16(15)9-10-19-18(17)8-6-14-11-12-21-20(14)19/h1-12H,21H2. The summed E-state index contributed by atoms with van der Waals surface area (Å²) < 4.78 is 0. The predicted molar refractivity (Wildman–Crippen MR) is 96.2 cm³/mol. The number of hydrogen-bond donors (Lipinski definition) is 0. The molecule has 0 saturated carbocycles. The molecule has 21 heavy (non-hydrogen) atoms. The van der Waals surface area contributed by atoms with Crippen LogP contribution in [0.15, 0.2) is 66.4 Å². The molecule has 0 spiro atoms. The molecule has 0 radical (unpaired) electrons. The maximum Gasteiger partial charge on any atom is 0.0799 e. The molecule has 0 N–H and O–H groups in total. The summed E-state index contributed by atoms with van der Waals surface area (Å²) in [5.74, 6) is 0. The van der Waals surface area contributed by atoms with Crippen molar-refractivity contribution >= 4 is 53.1 Å². The van der Waals surface area contributed by atoms with Crippen molar-refractivity contribution in [3.8, 4) is 0 Å². The number of rotatable bonds is 0. The Balaban J connectivity index is 2.00. The summed E-state index contributed by atoms with van der Waals surface area (Å²) in [5, 5.41) is 9.92. The Labute approximate surface area is 125 Å². The molecule has 0 fully saturated rings. The van der Waals surface area contributed by atoms with Crippen LogP contribution in [0.4, 0.5) is 0 Å². The second kappa shape index (κ2) is 4.06. The molecule has 1 heteroatoms. The molecule has 0 atom stereocenters. The number of fused-ring (bicyclic) bond motifs is 7. The Kier molecular flexibility index (Phi) is 2.18. The molecular weight excluding hydrogens is 268 g/mol. The fourth-order valence-corrected chi connectivity index (χ4v) is 5.28. The molecule has 0 bridgehead atoms. The van der Waals surface area contributed by atoms with Crippen LogP contribution in [0.2, 0.25) is 0 Å². The second-order valence-electron chi connectivity index (χ2n) is 5.78. The van der Waals surface area contributed by atoms with E-state index in [1.54, 1.807) is 5.19 Å². The highest BCUT2D eigenvalue weighted by atomic mass is 28.2. The van der Waals surface area contributed by atoms with Gasteiger partial charge >= 0.3 is 0 Å². The smallest absolute Gasteiger partial charge is 0.0799 e. The Bertz CT molecular complexity index is 1060. The van der Waals surface area contributed by atoms with Crippen LogP contribution in [-0.4, -0.2) is 9.52 Å². The lowest BCUT2D eigenvalue weighted by atomic mass is 9.96. The lowest BCUT2D eigenvalue weighted by molar-refractivity contribution is 1.77. The molecule has 4 aromatic carbocycles. The third-order valence-electron chi connectivity index (χ3n) is 4.69. The van der Waals surface area contributed by atoms with Gasteiger partial charge in [-0.3, -0.25) is 0 Å². The molecule has 1 aliphatic rings. The van der Waals surface area contributed by atoms with Gasteiger partial charge in [-0.1, -0.05) is 72.4 Å². The third-order valence-corrected chi connectivity index (χ3v) is 6.36. The zero-order chi connectivity index (χ0) is 13.8. The van der Waals surface area contributed by atoms with Gasteiger partial charge in [0.15, 0.2) is 0 Å². The molecular formula is C20H14Si. The average molecular weight is 282 g/mol. The van der Waals surface area contributed by atoms with Gasteiger partial charge in [-0.05, 0) is 43.1 Å². The van der Waals surface area contributed by atoms with Crippen LogP contribution in [0.5, 0.6) is 0 Å². The summed E-state index contributed by atoms with van der Waals surface area (Å²) in [6, 6.07) is 22.4. The molecule has 98 valence electrons. The quantitative estimate of drug-likeness (QED) is 0.339. The minimum absolute atomic E-state index is 0.218. The van der Waals surface area contributed by atoms with Gasteiger partial charge in [-0.15, -0.1) is 0 Å². The monoisotopic (exact) mass is 282 g/mol. The van der Waals surface area contributed by atoms with Crippen LogP contribution in [0.1, 0.15) is 5.56 Å². The Morgan fingerprint density at radius 3 is 2.29 bits per heavy atom. The van der Waals surface area contributed by atoms with Crippen LogP contribution in [0.3, 0.4) is 0 Å². The molecule has 0 aromatic heterocycles. The Hall–Kier alpha value is -2.38. The minimum Gasteiger partial charge on any atom is -0.0955 e. The van der Waals surface area contributed by atoms with E-state index in [2.05, 4.69) is 72.4 Å². The lowest BCUT2D eigenvalue weighted by Gasteiger charge is -2.10. The Morgan fingerprint density at radius 2 is 1.29 bits per heavy atom. The fraction of sp³-hybridized carbons (Fsp3) is 0. The van der Waals surface area contributed by atoms with E-state index < -0.39 is 0 Å². The second-order valence-corrected chi connectivity index (χ2v) is 7.37. The van der Waals surface area contributed by atoms with E-state index in [4.69, 9.17) is 0 Å². The lowest BCUT2D eigenvalue weighted by Crippen LogP contribution is -2.12. The molecule has 1 heterocycles. The zero-order valence-corrected chi connectivity index (χ0v) is 13.0. The van der Waals surface area contributed by atoms with Crippen LogP contribution < -0.4 is 5.19 Å². The van der Waals surface area contributed by atoms with Crippen LogP contribution in [0.25, 0.3) is 38.4 Å². The Morgan fingerprint density at radius 1 is 0.571 bits per heavy atom. The number of benzene rings is 4. The predicted octanol–water partition coefficient (Wildman–Crippen LogP) is 3.92. The largest absolute Gasteiger partial charge is 0.0955 e. The van der Waals surface area contributed by atoms with Crippen molar-refractivity contribution in [1.29, 1.82) is 0 Å². The molecule has 0 saturated heterocycles. The van der Waals surface area contributed by atoms with Gasteiger partial charge in [-0.25, -0.2) is 0 Å². The van der Waals surface area contributed by atoms with Gasteiger partial charge < -0.3 is 0 Å². The summed E-state index contributed by atoms with van der Waals surface area (Å²) in [5.41, 5.74) is 3.84. The summed E-state index contributed by atoms with van der Waals surface area (Å²) in [6.07, 6.45) is 2.30. The highest BCUT2D eigenvalue weighted by Crippen LogP contribution is 2.31. The van der Waals surface area contributed by atoms with Crippen molar-refractivity contribution in [2.45, 2.75) is 0 Å². The maximum absolute atomic E-state index is 2.40. The highest BCUT2D eigenvalue weighted by molar-refractivity contribution is 6.66. The molecule has 0 aliphatic carbocycles. The maximum atomic E-state index is 2.40. The van der Waals surface area contributed by atoms with Crippen LogP contribution in [-0.2, 0) is 0 Å². The normalized spacial score (nSPS) is 14.5. The molecule has 5 rings (SSSR count). The molecule has 4 aromatic rings. The van der Waals surface area contributed by atoms with Crippen LogP contribution in [0, 0.1) is 0 Å². The van der Waals surface area contributed by atoms with Gasteiger partial charge in [0.05, 0.1) is 9.52 Å². The van der Waals surface area contributed by atoms with Gasteiger partial charge in [0.2, 0.25) is 0 Å². The van der Waals surface area contributed by atoms with E-state index in [1.165, 1.54) is 37.9 Å². The van der Waals surface area contributed by atoms with E-state index in [-0.39, 0.29) is 9.52 Å². The van der Waals surface area contributed by atoms with Crippen molar-refractivity contribution in [2.75, 3.05) is 0 Å². The van der Waals surface area contributed by atoms with Crippen molar-refractivity contribution in [3.05, 3.63) is 71.9 Å². The molecule has 0 unspecified atom stereocenters. The molecule has 0 nitrogen and oxygen atoms in total. The summed E-state index contributed by atoms with van der Waals surface area (Å²) in [4.78, 5) is 0. The summed E-state index contributed by atoms with van der Waals surface area (Å²) in [6.45, 7) is 0. The summed E-state index contributed by atoms with van der Waals surface area (Å²) in [7, 11) is -0.218. The molecule has 0 amide bonds. The zero-order valence-electron chi connectivity index (χ0n) is 11.6. The highest BCUT2D eigenvalue weighted by Gasteiger charge is 2.11. The van der Waals surface area contributed by atoms with Gasteiger partial charge in [0.25, 0.3) is 0 Å². The van der Waals surface area contributed by atoms with Crippen molar-refractivity contribution in [3.63, 3.8) is 0 Å². The fourth-order valence-electron chi connectivity index (χ4n) is 3.67. The SMILES string of the molecule is C1=Cc2ccc3c(ccc4c5ccccc5ccc34)c2[SiH2]1. The summed E-state index contributed by atoms with van der Waals surface area (Å²) >= 11 is 0. The first-order valence-electron chi connectivity index (χ1n) is 7.44. The van der Waals surface area contributed by atoms with E-state index in [9.17, 15) is 0 Å². The van der Waals surface area contributed by atoms with Crippen molar-refractivity contribution < 1.29 is 0 Å². The first-order valence-corrected chi connectivity index (χ1v) is 8.97. The minimum atomic E-state index is -0.218. The third kappa shape index (κ3) is 1.49. The number of hydrogen-bond acceptors (Lipinski definition) is 0.